The predicted molar refractivity (Wildman–Crippen MR) is 76.7 cm³/mol. The second-order valence-corrected chi connectivity index (χ2v) is 4.83. The fourth-order valence-electron chi connectivity index (χ4n) is 3.04. The molecule has 4 rings (SSSR count). The highest BCUT2D eigenvalue weighted by molar-refractivity contribution is 6.23. The summed E-state index contributed by atoms with van der Waals surface area (Å²) in [5.74, 6) is 0. The van der Waals surface area contributed by atoms with Gasteiger partial charge in [-0.1, -0.05) is 48.5 Å². The number of quaternary nitrogens is 1. The summed E-state index contributed by atoms with van der Waals surface area (Å²) in [4.78, 5) is 0. The first kappa shape index (κ1) is 9.86. The standard InChI is InChI=1S/C17H13N/c18-10-14-9-13-5-1-3-11-7-8-12-4-2-6-15(14)17(12)16(11)13/h1-9H,10,18H2/p+1. The summed E-state index contributed by atoms with van der Waals surface area (Å²) >= 11 is 0. The summed E-state index contributed by atoms with van der Waals surface area (Å²) in [5.41, 5.74) is 5.40. The Balaban J connectivity index is 2.43. The number of hydrogen-bond acceptors (Lipinski definition) is 0. The zero-order valence-corrected chi connectivity index (χ0v) is 10.1. The van der Waals surface area contributed by atoms with Gasteiger partial charge in [0.15, 0.2) is 0 Å². The first-order chi connectivity index (χ1) is 8.88. The molecule has 0 amide bonds. The van der Waals surface area contributed by atoms with Gasteiger partial charge in [0.25, 0.3) is 0 Å². The van der Waals surface area contributed by atoms with Gasteiger partial charge in [-0.2, -0.15) is 0 Å². The van der Waals surface area contributed by atoms with Crippen LogP contribution in [0.15, 0.2) is 54.6 Å². The first-order valence-electron chi connectivity index (χ1n) is 6.33. The zero-order chi connectivity index (χ0) is 12.1. The Kier molecular flexibility index (Phi) is 1.88. The van der Waals surface area contributed by atoms with E-state index >= 15 is 0 Å². The average Bonchev–Trinajstić information content (AvgIpc) is 2.44. The molecule has 4 aromatic rings. The molecule has 0 aromatic heterocycles. The van der Waals surface area contributed by atoms with Crippen LogP contribution in [0.1, 0.15) is 5.56 Å². The van der Waals surface area contributed by atoms with Crippen LogP contribution in [-0.2, 0) is 6.54 Å². The second-order valence-electron chi connectivity index (χ2n) is 4.83. The quantitative estimate of drug-likeness (QED) is 0.488. The van der Waals surface area contributed by atoms with Crippen molar-refractivity contribution in [3.8, 4) is 0 Å². The molecule has 0 aliphatic heterocycles. The molecule has 0 atom stereocenters. The summed E-state index contributed by atoms with van der Waals surface area (Å²) in [6, 6.07) is 19.8. The summed E-state index contributed by atoms with van der Waals surface area (Å²) in [5, 5.41) is 8.12. The third-order valence-electron chi connectivity index (χ3n) is 3.86. The predicted octanol–water partition coefficient (Wildman–Crippen LogP) is 3.33. The van der Waals surface area contributed by atoms with E-state index in [0.717, 1.165) is 6.54 Å². The fraction of sp³-hybridized carbons (Fsp3) is 0.0588. The van der Waals surface area contributed by atoms with Crippen molar-refractivity contribution in [2.45, 2.75) is 6.54 Å². The average molecular weight is 232 g/mol. The molecule has 4 aromatic carbocycles. The van der Waals surface area contributed by atoms with E-state index in [-0.39, 0.29) is 0 Å². The molecule has 1 heteroatoms. The Hall–Kier alpha value is -2.12. The molecular weight excluding hydrogens is 218 g/mol. The third-order valence-corrected chi connectivity index (χ3v) is 3.86. The van der Waals surface area contributed by atoms with Gasteiger partial charge >= 0.3 is 0 Å². The Morgan fingerprint density at radius 3 is 2.17 bits per heavy atom. The smallest absolute Gasteiger partial charge is 0.100 e. The third kappa shape index (κ3) is 1.14. The lowest BCUT2D eigenvalue weighted by Gasteiger charge is -2.12. The normalized spacial score (nSPS) is 11.8. The molecule has 0 saturated heterocycles. The molecule has 0 aliphatic carbocycles. The van der Waals surface area contributed by atoms with E-state index in [0.29, 0.717) is 0 Å². The fourth-order valence-corrected chi connectivity index (χ4v) is 3.04. The number of benzene rings is 4. The van der Waals surface area contributed by atoms with Crippen molar-refractivity contribution in [2.75, 3.05) is 0 Å². The van der Waals surface area contributed by atoms with Gasteiger partial charge in [0.2, 0.25) is 0 Å². The van der Waals surface area contributed by atoms with E-state index in [1.807, 2.05) is 0 Å². The second kappa shape index (κ2) is 3.44. The molecule has 0 fully saturated rings. The maximum atomic E-state index is 4.06. The molecule has 0 unspecified atom stereocenters. The number of rotatable bonds is 1. The van der Waals surface area contributed by atoms with Crippen molar-refractivity contribution in [3.63, 3.8) is 0 Å². The van der Waals surface area contributed by atoms with E-state index in [4.69, 9.17) is 0 Å². The van der Waals surface area contributed by atoms with E-state index in [9.17, 15) is 0 Å². The Morgan fingerprint density at radius 1 is 0.722 bits per heavy atom. The molecule has 18 heavy (non-hydrogen) atoms. The van der Waals surface area contributed by atoms with Crippen LogP contribution >= 0.6 is 0 Å². The van der Waals surface area contributed by atoms with E-state index in [1.54, 1.807) is 0 Å². The Bertz CT molecular complexity index is 861. The number of hydrogen-bond donors (Lipinski definition) is 1. The van der Waals surface area contributed by atoms with E-state index < -0.39 is 0 Å². The molecule has 0 saturated carbocycles. The summed E-state index contributed by atoms with van der Waals surface area (Å²) in [6.07, 6.45) is 0. The van der Waals surface area contributed by atoms with Gasteiger partial charge in [-0.05, 0) is 38.4 Å². The van der Waals surface area contributed by atoms with Crippen molar-refractivity contribution >= 4 is 32.3 Å². The van der Waals surface area contributed by atoms with Crippen molar-refractivity contribution in [3.05, 3.63) is 60.2 Å². The monoisotopic (exact) mass is 232 g/mol. The van der Waals surface area contributed by atoms with Crippen LogP contribution in [0.3, 0.4) is 0 Å². The molecular formula is C17H14N+. The minimum Gasteiger partial charge on any atom is -0.354 e. The van der Waals surface area contributed by atoms with Gasteiger partial charge < -0.3 is 5.73 Å². The molecule has 0 spiro atoms. The molecule has 0 bridgehead atoms. The maximum absolute atomic E-state index is 4.06. The molecule has 0 heterocycles. The minimum absolute atomic E-state index is 0.837. The van der Waals surface area contributed by atoms with E-state index in [2.05, 4.69) is 60.3 Å². The van der Waals surface area contributed by atoms with Gasteiger partial charge in [-0.15, -0.1) is 0 Å². The van der Waals surface area contributed by atoms with Crippen LogP contribution in [0.5, 0.6) is 0 Å². The SMILES string of the molecule is [NH3+]Cc1cc2cccc3ccc4cccc1c4c32. The van der Waals surface area contributed by atoms with Gasteiger partial charge in [0.05, 0.1) is 0 Å². The summed E-state index contributed by atoms with van der Waals surface area (Å²) in [7, 11) is 0. The Morgan fingerprint density at radius 2 is 1.39 bits per heavy atom. The van der Waals surface area contributed by atoms with Crippen molar-refractivity contribution in [2.24, 2.45) is 0 Å². The maximum Gasteiger partial charge on any atom is 0.100 e. The lowest BCUT2D eigenvalue weighted by atomic mass is 9.91. The largest absolute Gasteiger partial charge is 0.354 e. The van der Waals surface area contributed by atoms with Crippen LogP contribution in [0.4, 0.5) is 0 Å². The highest BCUT2D eigenvalue weighted by Crippen LogP contribution is 2.35. The van der Waals surface area contributed by atoms with E-state index in [1.165, 1.54) is 37.9 Å². The molecule has 0 aliphatic rings. The topological polar surface area (TPSA) is 27.6 Å². The van der Waals surface area contributed by atoms with Gasteiger partial charge in [0.1, 0.15) is 6.54 Å². The van der Waals surface area contributed by atoms with Gasteiger partial charge in [-0.25, -0.2) is 0 Å². The van der Waals surface area contributed by atoms with Crippen molar-refractivity contribution in [1.82, 2.24) is 0 Å². The zero-order valence-electron chi connectivity index (χ0n) is 10.1. The lowest BCUT2D eigenvalue weighted by Crippen LogP contribution is -2.47. The van der Waals surface area contributed by atoms with Gasteiger partial charge in [-0.3, -0.25) is 0 Å². The lowest BCUT2D eigenvalue weighted by molar-refractivity contribution is -0.386. The van der Waals surface area contributed by atoms with Crippen molar-refractivity contribution < 1.29 is 5.73 Å². The van der Waals surface area contributed by atoms with Crippen LogP contribution in [0.25, 0.3) is 32.3 Å². The van der Waals surface area contributed by atoms with Crippen LogP contribution in [0.2, 0.25) is 0 Å². The van der Waals surface area contributed by atoms with Crippen molar-refractivity contribution in [1.29, 1.82) is 0 Å². The highest BCUT2D eigenvalue weighted by atomic mass is 14.5. The molecule has 86 valence electrons. The highest BCUT2D eigenvalue weighted by Gasteiger charge is 2.10. The molecule has 1 nitrogen and oxygen atoms in total. The van der Waals surface area contributed by atoms with Crippen LogP contribution in [-0.4, -0.2) is 0 Å². The van der Waals surface area contributed by atoms with Gasteiger partial charge in [0, 0.05) is 5.56 Å². The molecule has 3 N–H and O–H groups in total. The summed E-state index contributed by atoms with van der Waals surface area (Å²) < 4.78 is 0. The first-order valence-corrected chi connectivity index (χ1v) is 6.33. The summed E-state index contributed by atoms with van der Waals surface area (Å²) in [6.45, 7) is 0.837. The minimum atomic E-state index is 0.837. The Labute approximate surface area is 105 Å². The van der Waals surface area contributed by atoms with Crippen LogP contribution in [0, 0.1) is 0 Å². The molecule has 0 radical (unpaired) electrons. The van der Waals surface area contributed by atoms with Crippen LogP contribution < -0.4 is 5.73 Å².